The van der Waals surface area contributed by atoms with Crippen LogP contribution in [-0.2, 0) is 12.8 Å². The monoisotopic (exact) mass is 401 g/mol. The van der Waals surface area contributed by atoms with Gasteiger partial charge in [0.15, 0.2) is 0 Å². The third-order valence-electron chi connectivity index (χ3n) is 4.45. The van der Waals surface area contributed by atoms with Gasteiger partial charge in [-0.1, -0.05) is 24.3 Å². The number of carbonyl (C=O) groups is 1. The van der Waals surface area contributed by atoms with Crippen molar-refractivity contribution in [2.75, 3.05) is 0 Å². The standard InChI is InChI=1S/C19H16INO/c20-14-7-5-6-13(12-14)19(22)21-17-10-3-1-8-15(17)16-9-2-4-11-18(16)21/h1,3,5-8,10,12H,2,4,9,11H2. The van der Waals surface area contributed by atoms with Gasteiger partial charge in [0.2, 0.25) is 0 Å². The second kappa shape index (κ2) is 5.54. The van der Waals surface area contributed by atoms with Gasteiger partial charge in [-0.2, -0.15) is 0 Å². The first-order chi connectivity index (χ1) is 10.8. The zero-order valence-corrected chi connectivity index (χ0v) is 14.3. The van der Waals surface area contributed by atoms with E-state index in [9.17, 15) is 4.79 Å². The molecule has 0 aliphatic heterocycles. The van der Waals surface area contributed by atoms with Gasteiger partial charge in [-0.05, 0) is 78.1 Å². The molecule has 2 aromatic carbocycles. The molecule has 1 aromatic heterocycles. The molecule has 0 amide bonds. The Morgan fingerprint density at radius 3 is 2.68 bits per heavy atom. The number of aromatic nitrogens is 1. The van der Waals surface area contributed by atoms with Crippen LogP contribution in [0.2, 0.25) is 0 Å². The van der Waals surface area contributed by atoms with E-state index in [0.717, 1.165) is 27.5 Å². The van der Waals surface area contributed by atoms with Crippen molar-refractivity contribution in [1.29, 1.82) is 0 Å². The maximum absolute atomic E-state index is 13.1. The maximum Gasteiger partial charge on any atom is 0.262 e. The Bertz CT molecular complexity index is 878. The van der Waals surface area contributed by atoms with Crippen LogP contribution in [0.5, 0.6) is 0 Å². The Morgan fingerprint density at radius 2 is 1.82 bits per heavy atom. The van der Waals surface area contributed by atoms with Crippen LogP contribution in [0, 0.1) is 3.57 Å². The molecular weight excluding hydrogens is 385 g/mol. The molecule has 110 valence electrons. The molecule has 0 N–H and O–H groups in total. The number of nitrogens with zero attached hydrogens (tertiary/aromatic N) is 1. The van der Waals surface area contributed by atoms with Gasteiger partial charge >= 0.3 is 0 Å². The summed E-state index contributed by atoms with van der Waals surface area (Å²) in [7, 11) is 0. The lowest BCUT2D eigenvalue weighted by Crippen LogP contribution is -2.17. The number of hydrogen-bond acceptors (Lipinski definition) is 1. The van der Waals surface area contributed by atoms with Gasteiger partial charge in [0, 0.05) is 20.2 Å². The van der Waals surface area contributed by atoms with Gasteiger partial charge in [-0.3, -0.25) is 9.36 Å². The summed E-state index contributed by atoms with van der Waals surface area (Å²) in [5.74, 6) is 0.0952. The molecule has 22 heavy (non-hydrogen) atoms. The molecule has 4 rings (SSSR count). The Labute approximate surface area is 143 Å². The summed E-state index contributed by atoms with van der Waals surface area (Å²) in [5.41, 5.74) is 4.41. The smallest absolute Gasteiger partial charge is 0.262 e. The fourth-order valence-electron chi connectivity index (χ4n) is 3.48. The number of carbonyl (C=O) groups excluding carboxylic acids is 1. The van der Waals surface area contributed by atoms with Gasteiger partial charge in [-0.25, -0.2) is 0 Å². The average molecular weight is 401 g/mol. The molecule has 1 heterocycles. The second-order valence-corrected chi connectivity index (χ2v) is 7.05. The summed E-state index contributed by atoms with van der Waals surface area (Å²) in [6.45, 7) is 0. The lowest BCUT2D eigenvalue weighted by molar-refractivity contribution is 0.0961. The van der Waals surface area contributed by atoms with Gasteiger partial charge in [0.05, 0.1) is 5.52 Å². The number of fused-ring (bicyclic) bond motifs is 3. The number of aryl methyl sites for hydroxylation is 1. The van der Waals surface area contributed by atoms with Crippen molar-refractivity contribution in [3.63, 3.8) is 0 Å². The zero-order valence-electron chi connectivity index (χ0n) is 12.2. The van der Waals surface area contributed by atoms with Crippen molar-refractivity contribution >= 4 is 39.4 Å². The Kier molecular flexibility index (Phi) is 3.53. The average Bonchev–Trinajstić information content (AvgIpc) is 2.89. The molecule has 0 saturated carbocycles. The van der Waals surface area contributed by atoms with E-state index in [2.05, 4.69) is 40.8 Å². The van der Waals surface area contributed by atoms with E-state index in [-0.39, 0.29) is 5.91 Å². The quantitative estimate of drug-likeness (QED) is 0.537. The second-order valence-electron chi connectivity index (χ2n) is 5.80. The van der Waals surface area contributed by atoms with Gasteiger partial charge in [0.1, 0.15) is 0 Å². The molecule has 0 saturated heterocycles. The van der Waals surface area contributed by atoms with Crippen LogP contribution in [-0.4, -0.2) is 10.5 Å². The molecule has 0 bridgehead atoms. The predicted octanol–water partition coefficient (Wildman–Crippen LogP) is 4.81. The van der Waals surface area contributed by atoms with Gasteiger partial charge < -0.3 is 0 Å². The SMILES string of the molecule is O=C(c1cccc(I)c1)n1c2c(c3ccccc31)CCCC2. The summed E-state index contributed by atoms with van der Waals surface area (Å²) in [5, 5.41) is 1.25. The normalized spacial score (nSPS) is 14.0. The number of halogens is 1. The number of hydrogen-bond donors (Lipinski definition) is 0. The highest BCUT2D eigenvalue weighted by Crippen LogP contribution is 2.32. The number of benzene rings is 2. The van der Waals surface area contributed by atoms with Gasteiger partial charge in [0.25, 0.3) is 5.91 Å². The minimum atomic E-state index is 0.0952. The zero-order chi connectivity index (χ0) is 15.1. The first kappa shape index (κ1) is 14.0. The largest absolute Gasteiger partial charge is 0.280 e. The third kappa shape index (κ3) is 2.19. The van der Waals surface area contributed by atoms with E-state index in [4.69, 9.17) is 0 Å². The molecule has 0 unspecified atom stereocenters. The molecule has 0 spiro atoms. The highest BCUT2D eigenvalue weighted by atomic mass is 127. The Morgan fingerprint density at radius 1 is 1.00 bits per heavy atom. The van der Waals surface area contributed by atoms with Crippen molar-refractivity contribution in [3.8, 4) is 0 Å². The Balaban J connectivity index is 1.96. The maximum atomic E-state index is 13.1. The summed E-state index contributed by atoms with van der Waals surface area (Å²) in [6, 6.07) is 16.1. The van der Waals surface area contributed by atoms with Crippen molar-refractivity contribution < 1.29 is 4.79 Å². The fraction of sp³-hybridized carbons (Fsp3) is 0.211. The lowest BCUT2D eigenvalue weighted by Gasteiger charge is -2.15. The van der Waals surface area contributed by atoms with Crippen molar-refractivity contribution in [1.82, 2.24) is 4.57 Å². The Hall–Kier alpha value is -1.62. The van der Waals surface area contributed by atoms with Gasteiger partial charge in [-0.15, -0.1) is 0 Å². The van der Waals surface area contributed by atoms with Crippen molar-refractivity contribution in [2.24, 2.45) is 0 Å². The number of rotatable bonds is 1. The molecule has 1 aliphatic rings. The molecule has 2 nitrogen and oxygen atoms in total. The third-order valence-corrected chi connectivity index (χ3v) is 5.12. The molecule has 3 heteroatoms. The van der Waals surface area contributed by atoms with E-state index in [1.807, 2.05) is 34.9 Å². The summed E-state index contributed by atoms with van der Waals surface area (Å²) in [4.78, 5) is 13.1. The molecule has 3 aromatic rings. The van der Waals surface area contributed by atoms with Crippen LogP contribution in [0.1, 0.15) is 34.5 Å². The highest BCUT2D eigenvalue weighted by Gasteiger charge is 2.23. The molecule has 0 radical (unpaired) electrons. The highest BCUT2D eigenvalue weighted by molar-refractivity contribution is 14.1. The van der Waals surface area contributed by atoms with Crippen LogP contribution in [0.4, 0.5) is 0 Å². The summed E-state index contributed by atoms with van der Waals surface area (Å²) in [6.07, 6.45) is 4.48. The summed E-state index contributed by atoms with van der Waals surface area (Å²) < 4.78 is 3.05. The van der Waals surface area contributed by atoms with Crippen LogP contribution < -0.4 is 0 Å². The first-order valence-corrected chi connectivity index (χ1v) is 8.75. The van der Waals surface area contributed by atoms with E-state index < -0.39 is 0 Å². The van der Waals surface area contributed by atoms with Crippen molar-refractivity contribution in [3.05, 3.63) is 68.9 Å². The topological polar surface area (TPSA) is 22.0 Å². The predicted molar refractivity (Wildman–Crippen MR) is 97.5 cm³/mol. The van der Waals surface area contributed by atoms with E-state index in [0.29, 0.717) is 0 Å². The van der Waals surface area contributed by atoms with E-state index >= 15 is 0 Å². The van der Waals surface area contributed by atoms with Crippen LogP contribution in [0.3, 0.4) is 0 Å². The number of para-hydroxylation sites is 1. The lowest BCUT2D eigenvalue weighted by atomic mass is 9.95. The molecule has 0 fully saturated rings. The minimum Gasteiger partial charge on any atom is -0.280 e. The summed E-state index contributed by atoms with van der Waals surface area (Å²) >= 11 is 2.26. The van der Waals surface area contributed by atoms with Crippen molar-refractivity contribution in [2.45, 2.75) is 25.7 Å². The fourth-order valence-corrected chi connectivity index (χ4v) is 4.02. The minimum absolute atomic E-state index is 0.0952. The van der Waals surface area contributed by atoms with Crippen LogP contribution in [0.25, 0.3) is 10.9 Å². The van der Waals surface area contributed by atoms with E-state index in [1.165, 1.54) is 29.5 Å². The van der Waals surface area contributed by atoms with Crippen LogP contribution in [0.15, 0.2) is 48.5 Å². The molecular formula is C19H16INO. The molecule has 1 aliphatic carbocycles. The molecule has 0 atom stereocenters. The van der Waals surface area contributed by atoms with Crippen LogP contribution >= 0.6 is 22.6 Å². The first-order valence-electron chi connectivity index (χ1n) is 7.67. The van der Waals surface area contributed by atoms with E-state index in [1.54, 1.807) is 0 Å².